The van der Waals surface area contributed by atoms with Crippen LogP contribution in [0.4, 0.5) is 0 Å². The Hall–Kier alpha value is -0.550. The fourth-order valence-electron chi connectivity index (χ4n) is 1.29. The normalized spacial score (nSPS) is 13.4. The molecule has 0 aliphatic rings. The molecule has 0 saturated carbocycles. The molecule has 0 bridgehead atoms. The molecule has 1 rings (SSSR count). The monoisotopic (exact) mass is 229 g/mol. The number of aromatic nitrogens is 3. The van der Waals surface area contributed by atoms with E-state index in [1.54, 1.807) is 18.1 Å². The number of hydrogen-bond donors (Lipinski definition) is 1. The van der Waals surface area contributed by atoms with E-state index in [1.807, 2.05) is 4.68 Å². The number of aliphatic hydroxyl groups excluding tert-OH is 1. The molecule has 5 heteroatoms. The lowest BCUT2D eigenvalue weighted by Crippen LogP contribution is -2.08. The Kier molecular flexibility index (Phi) is 5.11. The molecule has 1 unspecified atom stereocenters. The van der Waals surface area contributed by atoms with Crippen LogP contribution in [0.5, 0.6) is 0 Å². The first-order chi connectivity index (χ1) is 7.15. The molecular formula is C10H19N3OS. The molecule has 1 aromatic heterocycles. The minimum absolute atomic E-state index is 0.255. The van der Waals surface area contributed by atoms with E-state index in [9.17, 15) is 0 Å². The maximum Gasteiger partial charge on any atom is 0.138 e. The van der Waals surface area contributed by atoms with Crippen LogP contribution in [0.1, 0.15) is 39.1 Å². The first-order valence-electron chi connectivity index (χ1n) is 5.26. The molecule has 0 radical (unpaired) electrons. The zero-order chi connectivity index (χ0) is 11.3. The van der Waals surface area contributed by atoms with Gasteiger partial charge in [-0.2, -0.15) is 16.9 Å². The van der Waals surface area contributed by atoms with Crippen molar-refractivity contribution in [2.24, 2.45) is 0 Å². The molecule has 0 aliphatic carbocycles. The maximum absolute atomic E-state index is 8.79. The smallest absolute Gasteiger partial charge is 0.138 e. The number of hydrogen-bond acceptors (Lipinski definition) is 4. The number of thioether (sulfide) groups is 1. The molecular weight excluding hydrogens is 210 g/mol. The van der Waals surface area contributed by atoms with E-state index in [0.717, 1.165) is 18.0 Å². The van der Waals surface area contributed by atoms with Gasteiger partial charge in [-0.1, -0.05) is 6.92 Å². The molecule has 0 saturated heterocycles. The molecule has 0 aromatic carbocycles. The van der Waals surface area contributed by atoms with Crippen molar-refractivity contribution >= 4 is 11.8 Å². The molecule has 0 aliphatic heterocycles. The molecule has 0 amide bonds. The first-order valence-corrected chi connectivity index (χ1v) is 6.31. The van der Waals surface area contributed by atoms with Gasteiger partial charge in [-0.15, -0.1) is 0 Å². The summed E-state index contributed by atoms with van der Waals surface area (Å²) < 4.78 is 1.94. The van der Waals surface area contributed by atoms with Crippen LogP contribution < -0.4 is 0 Å². The summed E-state index contributed by atoms with van der Waals surface area (Å²) in [7, 11) is 0. The SMILES string of the molecule is CC(CCO)SCc1ncnn1C(C)C. The molecule has 0 spiro atoms. The van der Waals surface area contributed by atoms with Crippen LogP contribution in [-0.2, 0) is 5.75 Å². The second-order valence-electron chi connectivity index (χ2n) is 3.85. The van der Waals surface area contributed by atoms with Gasteiger partial charge in [-0.05, 0) is 20.3 Å². The van der Waals surface area contributed by atoms with Gasteiger partial charge in [-0.25, -0.2) is 9.67 Å². The van der Waals surface area contributed by atoms with Crippen molar-refractivity contribution in [2.45, 2.75) is 44.2 Å². The number of nitrogens with zero attached hydrogens (tertiary/aromatic N) is 3. The molecule has 86 valence electrons. The Balaban J connectivity index is 2.46. The first kappa shape index (κ1) is 12.5. The lowest BCUT2D eigenvalue weighted by Gasteiger charge is -2.11. The predicted octanol–water partition coefficient (Wildman–Crippen LogP) is 1.86. The zero-order valence-electron chi connectivity index (χ0n) is 9.55. The van der Waals surface area contributed by atoms with Crippen LogP contribution in [-0.4, -0.2) is 31.7 Å². The second kappa shape index (κ2) is 6.12. The van der Waals surface area contributed by atoms with Gasteiger partial charge < -0.3 is 5.11 Å². The third-order valence-electron chi connectivity index (χ3n) is 2.17. The van der Waals surface area contributed by atoms with E-state index in [2.05, 4.69) is 30.9 Å². The highest BCUT2D eigenvalue weighted by Crippen LogP contribution is 2.19. The van der Waals surface area contributed by atoms with Gasteiger partial charge in [0.2, 0.25) is 0 Å². The van der Waals surface area contributed by atoms with Crippen molar-refractivity contribution in [3.05, 3.63) is 12.2 Å². The Morgan fingerprint density at radius 3 is 2.80 bits per heavy atom. The van der Waals surface area contributed by atoms with Crippen LogP contribution in [0.2, 0.25) is 0 Å². The van der Waals surface area contributed by atoms with E-state index in [4.69, 9.17) is 5.11 Å². The number of rotatable bonds is 6. The van der Waals surface area contributed by atoms with Gasteiger partial charge in [0, 0.05) is 17.9 Å². The van der Waals surface area contributed by atoms with Crippen molar-refractivity contribution < 1.29 is 5.11 Å². The third kappa shape index (κ3) is 3.83. The molecule has 1 aromatic rings. The number of aliphatic hydroxyl groups is 1. The zero-order valence-corrected chi connectivity index (χ0v) is 10.4. The van der Waals surface area contributed by atoms with E-state index in [-0.39, 0.29) is 6.61 Å². The van der Waals surface area contributed by atoms with E-state index in [0.29, 0.717) is 11.3 Å². The molecule has 1 N–H and O–H groups in total. The lowest BCUT2D eigenvalue weighted by atomic mass is 10.3. The minimum atomic E-state index is 0.255. The minimum Gasteiger partial charge on any atom is -0.396 e. The highest BCUT2D eigenvalue weighted by molar-refractivity contribution is 7.99. The standard InChI is InChI=1S/C10H19N3OS/c1-8(2)13-10(11-7-12-13)6-15-9(3)4-5-14/h7-9,14H,4-6H2,1-3H3. The van der Waals surface area contributed by atoms with Crippen molar-refractivity contribution in [1.29, 1.82) is 0 Å². The molecule has 1 atom stereocenters. The Morgan fingerprint density at radius 1 is 1.47 bits per heavy atom. The van der Waals surface area contributed by atoms with Gasteiger partial charge in [0.25, 0.3) is 0 Å². The Bertz CT molecular complexity index is 288. The van der Waals surface area contributed by atoms with Crippen LogP contribution in [0, 0.1) is 0 Å². The largest absolute Gasteiger partial charge is 0.396 e. The molecule has 4 nitrogen and oxygen atoms in total. The average molecular weight is 229 g/mol. The Morgan fingerprint density at radius 2 is 2.20 bits per heavy atom. The van der Waals surface area contributed by atoms with Crippen LogP contribution >= 0.6 is 11.8 Å². The van der Waals surface area contributed by atoms with Crippen molar-refractivity contribution in [3.63, 3.8) is 0 Å². The van der Waals surface area contributed by atoms with Crippen LogP contribution in [0.3, 0.4) is 0 Å². The third-order valence-corrected chi connectivity index (χ3v) is 3.40. The summed E-state index contributed by atoms with van der Waals surface area (Å²) in [5.41, 5.74) is 0. The highest BCUT2D eigenvalue weighted by Gasteiger charge is 2.09. The summed E-state index contributed by atoms with van der Waals surface area (Å²) in [5, 5.41) is 13.4. The maximum atomic E-state index is 8.79. The van der Waals surface area contributed by atoms with Crippen molar-refractivity contribution in [1.82, 2.24) is 14.8 Å². The summed E-state index contributed by atoms with van der Waals surface area (Å²) in [6.45, 7) is 6.57. The van der Waals surface area contributed by atoms with E-state index >= 15 is 0 Å². The predicted molar refractivity (Wildman–Crippen MR) is 62.9 cm³/mol. The molecule has 15 heavy (non-hydrogen) atoms. The fourth-order valence-corrected chi connectivity index (χ4v) is 2.20. The summed E-state index contributed by atoms with van der Waals surface area (Å²) in [6.07, 6.45) is 2.44. The fraction of sp³-hybridized carbons (Fsp3) is 0.800. The second-order valence-corrected chi connectivity index (χ2v) is 5.28. The molecule has 1 heterocycles. The van der Waals surface area contributed by atoms with Gasteiger partial charge in [0.1, 0.15) is 12.2 Å². The van der Waals surface area contributed by atoms with Gasteiger partial charge >= 0.3 is 0 Å². The van der Waals surface area contributed by atoms with E-state index in [1.165, 1.54) is 0 Å². The van der Waals surface area contributed by atoms with Crippen LogP contribution in [0.25, 0.3) is 0 Å². The summed E-state index contributed by atoms with van der Waals surface area (Å²) in [6, 6.07) is 0.358. The lowest BCUT2D eigenvalue weighted by molar-refractivity contribution is 0.289. The Labute approximate surface area is 95.1 Å². The van der Waals surface area contributed by atoms with Gasteiger partial charge in [-0.3, -0.25) is 0 Å². The summed E-state index contributed by atoms with van der Waals surface area (Å²) in [5.74, 6) is 1.87. The van der Waals surface area contributed by atoms with Crippen molar-refractivity contribution in [3.8, 4) is 0 Å². The quantitative estimate of drug-likeness (QED) is 0.809. The van der Waals surface area contributed by atoms with Crippen LogP contribution in [0.15, 0.2) is 6.33 Å². The topological polar surface area (TPSA) is 50.9 Å². The van der Waals surface area contributed by atoms with Gasteiger partial charge in [0.05, 0.1) is 5.75 Å². The average Bonchev–Trinajstić information content (AvgIpc) is 2.63. The summed E-state index contributed by atoms with van der Waals surface area (Å²) >= 11 is 1.81. The highest BCUT2D eigenvalue weighted by atomic mass is 32.2. The summed E-state index contributed by atoms with van der Waals surface area (Å²) in [4.78, 5) is 4.24. The molecule has 0 fully saturated rings. The van der Waals surface area contributed by atoms with Gasteiger partial charge in [0.15, 0.2) is 0 Å². The van der Waals surface area contributed by atoms with E-state index < -0.39 is 0 Å². The van der Waals surface area contributed by atoms with Crippen molar-refractivity contribution in [2.75, 3.05) is 6.61 Å².